The molecule has 1 atom stereocenters. The van der Waals surface area contributed by atoms with Crippen LogP contribution in [0.1, 0.15) is 18.4 Å². The number of piperazine rings is 1. The topological polar surface area (TPSA) is 15.3 Å². The van der Waals surface area contributed by atoms with E-state index in [9.17, 15) is 0 Å². The van der Waals surface area contributed by atoms with Gasteiger partial charge >= 0.3 is 0 Å². The van der Waals surface area contributed by atoms with E-state index in [2.05, 4.69) is 40.5 Å². The minimum absolute atomic E-state index is 0.650. The van der Waals surface area contributed by atoms with E-state index in [4.69, 9.17) is 0 Å². The lowest BCUT2D eigenvalue weighted by molar-refractivity contribution is 0.190. The van der Waals surface area contributed by atoms with Gasteiger partial charge in [-0.15, -0.1) is 0 Å². The third-order valence-corrected chi connectivity index (χ3v) is 3.68. The Morgan fingerprint density at radius 1 is 1.19 bits per heavy atom. The molecule has 0 amide bonds. The van der Waals surface area contributed by atoms with Gasteiger partial charge in [-0.05, 0) is 24.8 Å². The van der Waals surface area contributed by atoms with E-state index >= 15 is 0 Å². The first-order valence-corrected chi connectivity index (χ1v) is 6.43. The first kappa shape index (κ1) is 10.3. The SMILES string of the molecule is c1ccc(C[C@@H]2CN(C3CC3)CCN2)cc1. The molecule has 0 aromatic heterocycles. The highest BCUT2D eigenvalue weighted by atomic mass is 15.2. The van der Waals surface area contributed by atoms with Crippen LogP contribution >= 0.6 is 0 Å². The number of rotatable bonds is 3. The molecule has 1 aromatic rings. The van der Waals surface area contributed by atoms with Gasteiger partial charge in [-0.2, -0.15) is 0 Å². The molecule has 1 aromatic carbocycles. The summed E-state index contributed by atoms with van der Waals surface area (Å²) in [5.74, 6) is 0. The molecule has 0 bridgehead atoms. The summed E-state index contributed by atoms with van der Waals surface area (Å²) >= 11 is 0. The third kappa shape index (κ3) is 2.45. The Kier molecular flexibility index (Phi) is 2.94. The number of nitrogens with zero attached hydrogens (tertiary/aromatic N) is 1. The number of hydrogen-bond donors (Lipinski definition) is 1. The molecule has 16 heavy (non-hydrogen) atoms. The van der Waals surface area contributed by atoms with Crippen LogP contribution in [0, 0.1) is 0 Å². The van der Waals surface area contributed by atoms with Crippen molar-refractivity contribution in [2.24, 2.45) is 0 Å². The van der Waals surface area contributed by atoms with Gasteiger partial charge in [-0.3, -0.25) is 4.90 Å². The van der Waals surface area contributed by atoms with Crippen LogP contribution in [-0.4, -0.2) is 36.6 Å². The first-order chi connectivity index (χ1) is 7.92. The van der Waals surface area contributed by atoms with Gasteiger partial charge in [0.25, 0.3) is 0 Å². The summed E-state index contributed by atoms with van der Waals surface area (Å²) in [5, 5.41) is 3.64. The molecule has 2 heteroatoms. The smallest absolute Gasteiger partial charge is 0.0236 e. The van der Waals surface area contributed by atoms with Crippen molar-refractivity contribution in [3.63, 3.8) is 0 Å². The molecule has 86 valence electrons. The van der Waals surface area contributed by atoms with Crippen LogP contribution in [0.2, 0.25) is 0 Å². The van der Waals surface area contributed by atoms with E-state index in [0.29, 0.717) is 6.04 Å². The zero-order valence-corrected chi connectivity index (χ0v) is 9.73. The molecule has 1 saturated heterocycles. The van der Waals surface area contributed by atoms with Crippen LogP contribution in [0.5, 0.6) is 0 Å². The van der Waals surface area contributed by atoms with Crippen LogP contribution in [-0.2, 0) is 6.42 Å². The van der Waals surface area contributed by atoms with Crippen molar-refractivity contribution in [2.75, 3.05) is 19.6 Å². The Morgan fingerprint density at radius 2 is 2.00 bits per heavy atom. The van der Waals surface area contributed by atoms with E-state index in [1.807, 2.05) is 0 Å². The van der Waals surface area contributed by atoms with Gasteiger partial charge in [-0.1, -0.05) is 30.3 Å². The van der Waals surface area contributed by atoms with Crippen LogP contribution < -0.4 is 5.32 Å². The fraction of sp³-hybridized carbons (Fsp3) is 0.571. The Hall–Kier alpha value is -0.860. The van der Waals surface area contributed by atoms with Crippen molar-refractivity contribution in [1.82, 2.24) is 10.2 Å². The molecule has 1 saturated carbocycles. The molecule has 0 radical (unpaired) electrons. The molecular formula is C14H20N2. The van der Waals surface area contributed by atoms with E-state index in [0.717, 1.165) is 12.6 Å². The largest absolute Gasteiger partial charge is 0.311 e. The maximum atomic E-state index is 3.64. The molecule has 1 aliphatic carbocycles. The van der Waals surface area contributed by atoms with Crippen LogP contribution in [0.4, 0.5) is 0 Å². The maximum Gasteiger partial charge on any atom is 0.0236 e. The fourth-order valence-corrected chi connectivity index (χ4v) is 2.66. The summed E-state index contributed by atoms with van der Waals surface area (Å²) < 4.78 is 0. The Morgan fingerprint density at radius 3 is 2.75 bits per heavy atom. The molecule has 3 rings (SSSR count). The van der Waals surface area contributed by atoms with Gasteiger partial charge in [-0.25, -0.2) is 0 Å². The minimum Gasteiger partial charge on any atom is -0.311 e. The average Bonchev–Trinajstić information content (AvgIpc) is 3.15. The van der Waals surface area contributed by atoms with E-state index in [-0.39, 0.29) is 0 Å². The highest BCUT2D eigenvalue weighted by Gasteiger charge is 2.32. The lowest BCUT2D eigenvalue weighted by Crippen LogP contribution is -2.52. The summed E-state index contributed by atoms with van der Waals surface area (Å²) in [7, 11) is 0. The predicted octanol–water partition coefficient (Wildman–Crippen LogP) is 1.67. The van der Waals surface area contributed by atoms with Crippen LogP contribution in [0.15, 0.2) is 30.3 Å². The summed E-state index contributed by atoms with van der Waals surface area (Å²) in [4.78, 5) is 2.67. The van der Waals surface area contributed by atoms with Gasteiger partial charge in [0, 0.05) is 31.7 Å². The average molecular weight is 216 g/mol. The monoisotopic (exact) mass is 216 g/mol. The molecule has 2 nitrogen and oxygen atoms in total. The third-order valence-electron chi connectivity index (χ3n) is 3.68. The minimum atomic E-state index is 0.650. The standard InChI is InChI=1S/C14H20N2/c1-2-4-12(5-3-1)10-13-11-16(9-8-15-13)14-6-7-14/h1-5,13-15H,6-11H2/t13-/m1/s1. The second-order valence-electron chi connectivity index (χ2n) is 5.07. The van der Waals surface area contributed by atoms with E-state index in [1.165, 1.54) is 37.9 Å². The van der Waals surface area contributed by atoms with E-state index < -0.39 is 0 Å². The summed E-state index contributed by atoms with van der Waals surface area (Å²) in [5.41, 5.74) is 1.46. The molecule has 2 aliphatic rings. The molecule has 0 unspecified atom stereocenters. The van der Waals surface area contributed by atoms with E-state index in [1.54, 1.807) is 0 Å². The normalized spacial score (nSPS) is 26.9. The van der Waals surface area contributed by atoms with Gasteiger partial charge in [0.2, 0.25) is 0 Å². The molecule has 2 fully saturated rings. The van der Waals surface area contributed by atoms with Crippen molar-refractivity contribution in [3.05, 3.63) is 35.9 Å². The first-order valence-electron chi connectivity index (χ1n) is 6.43. The number of hydrogen-bond acceptors (Lipinski definition) is 2. The zero-order chi connectivity index (χ0) is 10.8. The maximum absolute atomic E-state index is 3.64. The van der Waals surface area contributed by atoms with Crippen molar-refractivity contribution in [2.45, 2.75) is 31.3 Å². The Balaban J connectivity index is 1.58. The highest BCUT2D eigenvalue weighted by Crippen LogP contribution is 2.27. The second-order valence-corrected chi connectivity index (χ2v) is 5.07. The molecule has 1 aliphatic heterocycles. The van der Waals surface area contributed by atoms with Gasteiger partial charge in [0.1, 0.15) is 0 Å². The van der Waals surface area contributed by atoms with Gasteiger partial charge in [0.05, 0.1) is 0 Å². The Bertz CT molecular complexity index is 332. The van der Waals surface area contributed by atoms with Crippen molar-refractivity contribution in [1.29, 1.82) is 0 Å². The zero-order valence-electron chi connectivity index (χ0n) is 9.73. The molecule has 1 heterocycles. The number of benzene rings is 1. The fourth-order valence-electron chi connectivity index (χ4n) is 2.66. The molecule has 1 N–H and O–H groups in total. The van der Waals surface area contributed by atoms with Gasteiger partial charge < -0.3 is 5.32 Å². The predicted molar refractivity (Wildman–Crippen MR) is 66.5 cm³/mol. The van der Waals surface area contributed by atoms with Crippen molar-refractivity contribution < 1.29 is 0 Å². The van der Waals surface area contributed by atoms with Crippen LogP contribution in [0.3, 0.4) is 0 Å². The number of nitrogens with one attached hydrogen (secondary N) is 1. The summed E-state index contributed by atoms with van der Waals surface area (Å²) in [6, 6.07) is 12.4. The lowest BCUT2D eigenvalue weighted by Gasteiger charge is -2.33. The molecular weight excluding hydrogens is 196 g/mol. The van der Waals surface area contributed by atoms with Gasteiger partial charge in [0.15, 0.2) is 0 Å². The highest BCUT2D eigenvalue weighted by molar-refractivity contribution is 5.16. The quantitative estimate of drug-likeness (QED) is 0.827. The van der Waals surface area contributed by atoms with Crippen LogP contribution in [0.25, 0.3) is 0 Å². The summed E-state index contributed by atoms with van der Waals surface area (Å²) in [6.45, 7) is 3.64. The van der Waals surface area contributed by atoms with Crippen molar-refractivity contribution >= 4 is 0 Å². The lowest BCUT2D eigenvalue weighted by atomic mass is 10.0. The van der Waals surface area contributed by atoms with Crippen molar-refractivity contribution in [3.8, 4) is 0 Å². The Labute approximate surface area is 97.6 Å². The summed E-state index contributed by atoms with van der Waals surface area (Å²) in [6.07, 6.45) is 4.03. The molecule has 0 spiro atoms. The second kappa shape index (κ2) is 4.56.